The van der Waals surface area contributed by atoms with Crippen LogP contribution in [0.15, 0.2) is 6.08 Å². The van der Waals surface area contributed by atoms with Crippen LogP contribution in [0.5, 0.6) is 23.0 Å². The Morgan fingerprint density at radius 1 is 0.889 bits per heavy atom. The molecule has 2 aromatic carbocycles. The third-order valence-electron chi connectivity index (χ3n) is 4.86. The van der Waals surface area contributed by atoms with Crippen LogP contribution in [0.1, 0.15) is 46.5 Å². The number of aromatic hydroxyl groups is 1. The highest BCUT2D eigenvalue weighted by molar-refractivity contribution is 6.39. The normalized spacial score (nSPS) is 13.5. The minimum atomic E-state index is -0.668. The van der Waals surface area contributed by atoms with E-state index in [0.29, 0.717) is 21.7 Å². The van der Waals surface area contributed by atoms with Gasteiger partial charge in [0.1, 0.15) is 10.6 Å². The lowest BCUT2D eigenvalue weighted by molar-refractivity contribution is 0.0735. The van der Waals surface area contributed by atoms with Crippen LogP contribution in [-0.2, 0) is 0 Å². The highest BCUT2D eigenvalue weighted by atomic mass is 35.5. The van der Waals surface area contributed by atoms with Gasteiger partial charge in [-0.3, -0.25) is 0 Å². The summed E-state index contributed by atoms with van der Waals surface area (Å²) >= 11 is 19.0. The molecule has 0 atom stereocenters. The number of hydrogen-bond acceptors (Lipinski definition) is 4. The second-order valence-corrected chi connectivity index (χ2v) is 7.50. The van der Waals surface area contributed by atoms with Gasteiger partial charge >= 0.3 is 5.97 Å². The van der Waals surface area contributed by atoms with Crippen LogP contribution in [0.2, 0.25) is 15.1 Å². The fourth-order valence-electron chi connectivity index (χ4n) is 2.98. The number of phenolic OH excluding ortho intramolecular Hbond substituents is 1. The van der Waals surface area contributed by atoms with Crippen LogP contribution in [0.4, 0.5) is 0 Å². The maximum Gasteiger partial charge on any atom is 0.347 e. The summed E-state index contributed by atoms with van der Waals surface area (Å²) in [5, 5.41) is 10.5. The van der Waals surface area contributed by atoms with Crippen molar-refractivity contribution in [3.05, 3.63) is 49.0 Å². The average molecular weight is 428 g/mol. The van der Waals surface area contributed by atoms with E-state index >= 15 is 0 Å². The number of benzene rings is 2. The van der Waals surface area contributed by atoms with Gasteiger partial charge in [-0.15, -0.1) is 0 Å². The molecule has 2 aromatic rings. The second kappa shape index (κ2) is 6.93. The summed E-state index contributed by atoms with van der Waals surface area (Å²) in [6.07, 6.45) is 1.87. The summed E-state index contributed by atoms with van der Waals surface area (Å²) < 4.78 is 11.7. The van der Waals surface area contributed by atoms with Crippen molar-refractivity contribution >= 4 is 46.3 Å². The van der Waals surface area contributed by atoms with Crippen molar-refractivity contribution in [2.24, 2.45) is 0 Å². The molecule has 7 heteroatoms. The largest absolute Gasteiger partial charge is 0.505 e. The number of hydrogen-bond donors (Lipinski definition) is 1. The molecule has 0 saturated carbocycles. The quantitative estimate of drug-likeness (QED) is 0.392. The summed E-state index contributed by atoms with van der Waals surface area (Å²) in [6, 6.07) is 0. The van der Waals surface area contributed by atoms with Crippen LogP contribution in [-0.4, -0.2) is 11.1 Å². The minimum absolute atomic E-state index is 0.00992. The summed E-state index contributed by atoms with van der Waals surface area (Å²) in [4.78, 5) is 12.9. The van der Waals surface area contributed by atoms with Gasteiger partial charge in [0.25, 0.3) is 0 Å². The van der Waals surface area contributed by atoms with Gasteiger partial charge in [-0.05, 0) is 51.3 Å². The first kappa shape index (κ1) is 19.9. The molecule has 4 nitrogen and oxygen atoms in total. The number of esters is 1. The number of halogens is 3. The summed E-state index contributed by atoms with van der Waals surface area (Å²) in [6.45, 7) is 8.96. The van der Waals surface area contributed by atoms with E-state index in [0.717, 1.165) is 11.1 Å². The molecule has 0 spiro atoms. The third kappa shape index (κ3) is 2.87. The van der Waals surface area contributed by atoms with Crippen molar-refractivity contribution in [2.75, 3.05) is 0 Å². The molecule has 0 amide bonds. The molecular formula is C20H17Cl3O4. The van der Waals surface area contributed by atoms with Crippen molar-refractivity contribution in [3.63, 3.8) is 0 Å². The summed E-state index contributed by atoms with van der Waals surface area (Å²) in [5.74, 6) is -0.498. The van der Waals surface area contributed by atoms with E-state index in [1.807, 2.05) is 26.8 Å². The Balaban J connectivity index is 2.45. The molecule has 0 radical (unpaired) electrons. The van der Waals surface area contributed by atoms with E-state index in [1.165, 1.54) is 0 Å². The molecule has 1 aliphatic heterocycles. The van der Waals surface area contributed by atoms with Crippen LogP contribution in [0.3, 0.4) is 0 Å². The van der Waals surface area contributed by atoms with E-state index in [2.05, 4.69) is 0 Å². The molecule has 1 N–H and O–H groups in total. The van der Waals surface area contributed by atoms with Crippen molar-refractivity contribution < 1.29 is 19.4 Å². The molecular weight excluding hydrogens is 411 g/mol. The highest BCUT2D eigenvalue weighted by Gasteiger charge is 2.34. The van der Waals surface area contributed by atoms with Crippen molar-refractivity contribution in [3.8, 4) is 23.0 Å². The Morgan fingerprint density at radius 2 is 1.52 bits per heavy atom. The highest BCUT2D eigenvalue weighted by Crippen LogP contribution is 2.53. The zero-order valence-electron chi connectivity index (χ0n) is 15.4. The number of ether oxygens (including phenoxy) is 2. The van der Waals surface area contributed by atoms with Crippen molar-refractivity contribution in [2.45, 2.75) is 34.6 Å². The van der Waals surface area contributed by atoms with Crippen LogP contribution in [0, 0.1) is 20.8 Å². The SMILES string of the molecule is C/C=C(/C)c1c(Cl)c(C)c(C)c2c1Oc1c(Cl)c(O)c(Cl)c(C)c1C(=O)O2. The first-order chi connectivity index (χ1) is 12.6. The topological polar surface area (TPSA) is 55.8 Å². The molecule has 3 rings (SSSR count). The third-order valence-corrected chi connectivity index (χ3v) is 6.15. The fraction of sp³-hybridized carbons (Fsp3) is 0.250. The van der Waals surface area contributed by atoms with Gasteiger partial charge in [0.15, 0.2) is 23.0 Å². The molecule has 0 saturated heterocycles. The Morgan fingerprint density at radius 3 is 2.11 bits per heavy atom. The molecule has 1 aliphatic rings. The monoisotopic (exact) mass is 426 g/mol. The van der Waals surface area contributed by atoms with Gasteiger partial charge in [0.2, 0.25) is 0 Å². The molecule has 0 aromatic heterocycles. The Labute approximate surface area is 172 Å². The first-order valence-corrected chi connectivity index (χ1v) is 9.31. The molecule has 0 bridgehead atoms. The van der Waals surface area contributed by atoms with E-state index < -0.39 is 5.97 Å². The molecule has 0 aliphatic carbocycles. The van der Waals surface area contributed by atoms with Gasteiger partial charge < -0.3 is 14.6 Å². The van der Waals surface area contributed by atoms with Crippen LogP contribution < -0.4 is 9.47 Å². The summed E-state index contributed by atoms with van der Waals surface area (Å²) in [7, 11) is 0. The van der Waals surface area contributed by atoms with E-state index in [1.54, 1.807) is 13.8 Å². The molecule has 27 heavy (non-hydrogen) atoms. The van der Waals surface area contributed by atoms with Gasteiger partial charge in [0.05, 0.1) is 10.0 Å². The zero-order valence-corrected chi connectivity index (χ0v) is 17.7. The Hall–Kier alpha value is -1.88. The lowest BCUT2D eigenvalue weighted by Crippen LogP contribution is -2.11. The maximum atomic E-state index is 12.9. The van der Waals surface area contributed by atoms with Gasteiger partial charge in [-0.1, -0.05) is 40.9 Å². The molecule has 1 heterocycles. The molecule has 0 fully saturated rings. The second-order valence-electron chi connectivity index (χ2n) is 6.37. The zero-order chi connectivity index (χ0) is 20.2. The van der Waals surface area contributed by atoms with E-state index in [9.17, 15) is 9.90 Å². The first-order valence-electron chi connectivity index (χ1n) is 8.18. The Kier molecular flexibility index (Phi) is 5.10. The van der Waals surface area contributed by atoms with Crippen molar-refractivity contribution in [1.82, 2.24) is 0 Å². The number of rotatable bonds is 1. The summed E-state index contributed by atoms with van der Waals surface area (Å²) in [5.41, 5.74) is 3.27. The number of carbonyl (C=O) groups is 1. The molecule has 0 unspecified atom stereocenters. The van der Waals surface area contributed by atoms with Gasteiger partial charge in [-0.25, -0.2) is 4.79 Å². The number of allylic oxidation sites excluding steroid dienone is 2. The lowest BCUT2D eigenvalue weighted by atomic mass is 9.98. The van der Waals surface area contributed by atoms with Crippen LogP contribution >= 0.6 is 34.8 Å². The predicted molar refractivity (Wildman–Crippen MR) is 108 cm³/mol. The van der Waals surface area contributed by atoms with Crippen LogP contribution in [0.25, 0.3) is 5.57 Å². The lowest BCUT2D eigenvalue weighted by Gasteiger charge is -2.19. The maximum absolute atomic E-state index is 12.9. The minimum Gasteiger partial charge on any atom is -0.505 e. The standard InChI is InChI=1S/C20H17Cl3O4/c1-6-7(2)11-13(21)8(3)9(4)17-19(11)26-18-12(20(25)27-17)10(5)14(22)16(24)15(18)23/h6,24H,1-5H3/b7-6-. The van der Waals surface area contributed by atoms with Gasteiger partial charge in [0, 0.05) is 11.1 Å². The van der Waals surface area contributed by atoms with E-state index in [4.69, 9.17) is 44.3 Å². The number of fused-ring (bicyclic) bond motifs is 2. The smallest absolute Gasteiger partial charge is 0.347 e. The number of carbonyl (C=O) groups excluding carboxylic acids is 1. The Bertz CT molecular complexity index is 1040. The average Bonchev–Trinajstić information content (AvgIpc) is 2.79. The van der Waals surface area contributed by atoms with Crippen molar-refractivity contribution in [1.29, 1.82) is 0 Å². The molecule has 142 valence electrons. The number of phenols is 1. The predicted octanol–water partition coefficient (Wildman–Crippen LogP) is 7.03. The van der Waals surface area contributed by atoms with E-state index in [-0.39, 0.29) is 38.6 Å². The van der Waals surface area contributed by atoms with Gasteiger partial charge in [-0.2, -0.15) is 0 Å². The fourth-order valence-corrected chi connectivity index (χ4v) is 3.82.